The third-order valence-electron chi connectivity index (χ3n) is 3.87. The van der Waals surface area contributed by atoms with E-state index in [1.54, 1.807) is 50.6 Å². The van der Waals surface area contributed by atoms with Crippen LogP contribution in [0.2, 0.25) is 5.02 Å². The fraction of sp³-hybridized carbons (Fsp3) is 0.250. The highest BCUT2D eigenvalue weighted by Crippen LogP contribution is 2.40. The summed E-state index contributed by atoms with van der Waals surface area (Å²) >= 11 is 5.97. The highest BCUT2D eigenvalue weighted by molar-refractivity contribution is 6.30. The topological polar surface area (TPSA) is 63.2 Å². The van der Waals surface area contributed by atoms with Gasteiger partial charge in [-0.15, -0.1) is 0 Å². The van der Waals surface area contributed by atoms with Crippen molar-refractivity contribution in [3.05, 3.63) is 52.6 Å². The van der Waals surface area contributed by atoms with Crippen LogP contribution in [0.4, 0.5) is 0 Å². The number of carbonyl (C=O) groups excluding carboxylic acids is 1. The Hall–Kier alpha value is -2.86. The Bertz CT molecular complexity index is 845. The van der Waals surface area contributed by atoms with Crippen LogP contribution in [0.1, 0.15) is 11.1 Å². The summed E-state index contributed by atoms with van der Waals surface area (Å²) < 4.78 is 26.9. The van der Waals surface area contributed by atoms with E-state index in [4.69, 9.17) is 35.3 Å². The second-order valence-corrected chi connectivity index (χ2v) is 6.08. The lowest BCUT2D eigenvalue weighted by Crippen LogP contribution is -2.16. The molecule has 0 saturated heterocycles. The lowest BCUT2D eigenvalue weighted by Gasteiger charge is -2.20. The summed E-state index contributed by atoms with van der Waals surface area (Å²) in [5.41, 5.74) is 1.42. The summed E-state index contributed by atoms with van der Waals surface area (Å²) in [5, 5.41) is 0.542. The molecular weight excluding hydrogens is 372 g/mol. The van der Waals surface area contributed by atoms with E-state index in [2.05, 4.69) is 0 Å². The van der Waals surface area contributed by atoms with E-state index in [1.165, 1.54) is 6.08 Å². The first kappa shape index (κ1) is 18.9. The zero-order valence-corrected chi connectivity index (χ0v) is 15.7. The fourth-order valence-electron chi connectivity index (χ4n) is 2.61. The molecule has 0 radical (unpaired) electrons. The molecule has 6 nitrogen and oxygen atoms in total. The molecule has 0 aromatic heterocycles. The third kappa shape index (κ3) is 4.65. The quantitative estimate of drug-likeness (QED) is 0.551. The number of methoxy groups -OCH3 is 2. The summed E-state index contributed by atoms with van der Waals surface area (Å²) in [6.07, 6.45) is 2.96. The van der Waals surface area contributed by atoms with Crippen LogP contribution in [-0.4, -0.2) is 33.4 Å². The predicted molar refractivity (Wildman–Crippen MR) is 101 cm³/mol. The lowest BCUT2D eigenvalue weighted by molar-refractivity contribution is -0.138. The highest BCUT2D eigenvalue weighted by atomic mass is 35.5. The van der Waals surface area contributed by atoms with Gasteiger partial charge in [0.15, 0.2) is 11.5 Å². The third-order valence-corrected chi connectivity index (χ3v) is 4.11. The fourth-order valence-corrected chi connectivity index (χ4v) is 2.81. The monoisotopic (exact) mass is 390 g/mol. The minimum atomic E-state index is -0.495. The van der Waals surface area contributed by atoms with E-state index in [0.29, 0.717) is 46.8 Å². The Kier molecular flexibility index (Phi) is 6.08. The molecule has 1 heterocycles. The van der Waals surface area contributed by atoms with Crippen LogP contribution in [0.3, 0.4) is 0 Å². The number of ether oxygens (including phenoxy) is 5. The smallest absolute Gasteiger partial charge is 0.331 e. The molecule has 7 heteroatoms. The predicted octanol–water partition coefficient (Wildman–Crippen LogP) is 3.89. The molecule has 0 spiro atoms. The minimum Gasteiger partial charge on any atom is -0.496 e. The summed E-state index contributed by atoms with van der Waals surface area (Å²) in [6, 6.07) is 8.67. The van der Waals surface area contributed by atoms with Gasteiger partial charge < -0.3 is 23.7 Å². The molecule has 1 aliphatic heterocycles. The van der Waals surface area contributed by atoms with Crippen molar-refractivity contribution in [2.75, 3.05) is 27.4 Å². The van der Waals surface area contributed by atoms with Crippen LogP contribution in [0.15, 0.2) is 36.4 Å². The maximum absolute atomic E-state index is 12.0. The zero-order chi connectivity index (χ0) is 19.2. The maximum Gasteiger partial charge on any atom is 0.331 e. The summed E-state index contributed by atoms with van der Waals surface area (Å²) in [4.78, 5) is 12.0. The number of hydrogen-bond donors (Lipinski definition) is 0. The van der Waals surface area contributed by atoms with Crippen LogP contribution in [0, 0.1) is 0 Å². The molecule has 0 unspecified atom stereocenters. The van der Waals surface area contributed by atoms with Crippen LogP contribution >= 0.6 is 11.6 Å². The van der Waals surface area contributed by atoms with Crippen LogP contribution in [-0.2, 0) is 16.1 Å². The van der Waals surface area contributed by atoms with Crippen molar-refractivity contribution in [1.29, 1.82) is 0 Å². The standard InChI is InChI=1S/C20H19ClO6/c1-23-16-5-4-15(21)11-14(16)12-27-19(22)6-3-13-9-17(24-2)20-18(10-13)25-7-8-26-20/h3-6,9-11H,7-8,12H2,1-2H3/b6-3+. The van der Waals surface area contributed by atoms with E-state index in [0.717, 1.165) is 5.56 Å². The van der Waals surface area contributed by atoms with Gasteiger partial charge in [-0.2, -0.15) is 0 Å². The molecule has 3 rings (SSSR count). The first-order valence-corrected chi connectivity index (χ1v) is 8.63. The molecule has 27 heavy (non-hydrogen) atoms. The van der Waals surface area contributed by atoms with Gasteiger partial charge in [0, 0.05) is 16.7 Å². The van der Waals surface area contributed by atoms with E-state index in [-0.39, 0.29) is 6.61 Å². The van der Waals surface area contributed by atoms with E-state index < -0.39 is 5.97 Å². The average Bonchev–Trinajstić information content (AvgIpc) is 2.70. The first-order valence-electron chi connectivity index (χ1n) is 8.25. The molecule has 0 saturated carbocycles. The number of benzene rings is 2. The van der Waals surface area contributed by atoms with Crippen molar-refractivity contribution in [1.82, 2.24) is 0 Å². The molecule has 0 atom stereocenters. The number of fused-ring (bicyclic) bond motifs is 1. The average molecular weight is 391 g/mol. The Morgan fingerprint density at radius 3 is 2.67 bits per heavy atom. The zero-order valence-electron chi connectivity index (χ0n) is 15.0. The first-order chi connectivity index (χ1) is 13.1. The van der Waals surface area contributed by atoms with Gasteiger partial charge in [0.25, 0.3) is 0 Å². The molecule has 0 aliphatic carbocycles. The van der Waals surface area contributed by atoms with Gasteiger partial charge in [-0.05, 0) is 42.0 Å². The largest absolute Gasteiger partial charge is 0.496 e. The van der Waals surface area contributed by atoms with Gasteiger partial charge >= 0.3 is 5.97 Å². The van der Waals surface area contributed by atoms with Crippen LogP contribution in [0.5, 0.6) is 23.0 Å². The second-order valence-electron chi connectivity index (χ2n) is 5.64. The Labute approximate surface area is 162 Å². The SMILES string of the molecule is COc1ccc(Cl)cc1COC(=O)/C=C/c1cc(OC)c2c(c1)OCCO2. The van der Waals surface area contributed by atoms with Crippen molar-refractivity contribution in [3.8, 4) is 23.0 Å². The summed E-state index contributed by atoms with van der Waals surface area (Å²) in [7, 11) is 3.09. The van der Waals surface area contributed by atoms with Gasteiger partial charge in [-0.3, -0.25) is 0 Å². The van der Waals surface area contributed by atoms with Crippen LogP contribution in [0.25, 0.3) is 6.08 Å². The molecule has 1 aliphatic rings. The number of esters is 1. The minimum absolute atomic E-state index is 0.0529. The van der Waals surface area contributed by atoms with Gasteiger partial charge in [0.2, 0.25) is 5.75 Å². The van der Waals surface area contributed by atoms with Crippen molar-refractivity contribution in [3.63, 3.8) is 0 Å². The highest BCUT2D eigenvalue weighted by Gasteiger charge is 2.17. The Morgan fingerprint density at radius 1 is 1.11 bits per heavy atom. The number of hydrogen-bond acceptors (Lipinski definition) is 6. The molecular formula is C20H19ClO6. The van der Waals surface area contributed by atoms with Crippen molar-refractivity contribution >= 4 is 23.6 Å². The normalized spacial score (nSPS) is 12.7. The van der Waals surface area contributed by atoms with E-state index in [1.807, 2.05) is 0 Å². The summed E-state index contributed by atoms with van der Waals surface area (Å²) in [5.74, 6) is 1.80. The molecule has 142 valence electrons. The Morgan fingerprint density at radius 2 is 1.89 bits per heavy atom. The molecule has 0 bridgehead atoms. The van der Waals surface area contributed by atoms with Gasteiger partial charge in [-0.25, -0.2) is 4.79 Å². The number of rotatable bonds is 6. The van der Waals surface area contributed by atoms with Crippen molar-refractivity contribution in [2.24, 2.45) is 0 Å². The molecule has 0 N–H and O–H groups in total. The maximum atomic E-state index is 12.0. The van der Waals surface area contributed by atoms with Crippen molar-refractivity contribution < 1.29 is 28.5 Å². The van der Waals surface area contributed by atoms with Gasteiger partial charge in [0.05, 0.1) is 14.2 Å². The molecule has 0 fully saturated rings. The molecule has 2 aromatic carbocycles. The van der Waals surface area contributed by atoms with Gasteiger partial charge in [0.1, 0.15) is 25.6 Å². The molecule has 2 aromatic rings. The number of carbonyl (C=O) groups is 1. The van der Waals surface area contributed by atoms with Gasteiger partial charge in [-0.1, -0.05) is 11.6 Å². The molecule has 0 amide bonds. The summed E-state index contributed by atoms with van der Waals surface area (Å²) in [6.45, 7) is 0.988. The van der Waals surface area contributed by atoms with E-state index >= 15 is 0 Å². The van der Waals surface area contributed by atoms with E-state index in [9.17, 15) is 4.79 Å². The lowest BCUT2D eigenvalue weighted by atomic mass is 10.1. The van der Waals surface area contributed by atoms with Crippen LogP contribution < -0.4 is 18.9 Å². The van der Waals surface area contributed by atoms with Crippen molar-refractivity contribution in [2.45, 2.75) is 6.61 Å². The Balaban J connectivity index is 1.68. The number of halogens is 1. The second kappa shape index (κ2) is 8.68.